The molecule has 0 fully saturated rings. The van der Waals surface area contributed by atoms with Gasteiger partial charge in [-0.05, 0) is 65.8 Å². The fourth-order valence-electron chi connectivity index (χ4n) is 1.39. The van der Waals surface area contributed by atoms with Gasteiger partial charge in [0.05, 0.1) is 0 Å². The molecular weight excluding hydrogens is 376 g/mol. The summed E-state index contributed by atoms with van der Waals surface area (Å²) in [6.07, 6.45) is -0.621. The molecule has 0 spiro atoms. The van der Waals surface area contributed by atoms with E-state index in [1.807, 2.05) is 58.9 Å². The van der Waals surface area contributed by atoms with E-state index in [-0.39, 0.29) is 11.7 Å². The van der Waals surface area contributed by atoms with E-state index in [1.54, 1.807) is 6.92 Å². The number of hydrogen-bond donors (Lipinski definition) is 0. The third kappa shape index (κ3) is 11.1. The molecule has 0 saturated heterocycles. The van der Waals surface area contributed by atoms with Crippen LogP contribution in [0.25, 0.3) is 0 Å². The second kappa shape index (κ2) is 8.69. The van der Waals surface area contributed by atoms with Gasteiger partial charge in [0.1, 0.15) is 0 Å². The van der Waals surface area contributed by atoms with Gasteiger partial charge in [-0.2, -0.15) is 0 Å². The Morgan fingerprint density at radius 2 is 1.17 bits per heavy atom. The van der Waals surface area contributed by atoms with Crippen LogP contribution in [0.5, 0.6) is 0 Å². The second-order valence-electron chi connectivity index (χ2n) is 8.47. The van der Waals surface area contributed by atoms with Crippen molar-refractivity contribution >= 4 is 41.4 Å². The van der Waals surface area contributed by atoms with Gasteiger partial charge in [-0.15, -0.1) is 0 Å². The first-order valence-corrected chi connectivity index (χ1v) is 19.1. The maximum atomic E-state index is 12.6. The Labute approximate surface area is 152 Å². The number of hydrogen-bond acceptors (Lipinski definition) is 6. The fraction of sp³-hybridized carbons (Fsp3) is 0.786. The van der Waals surface area contributed by atoms with Gasteiger partial charge in [0.15, 0.2) is 16.8 Å². The summed E-state index contributed by atoms with van der Waals surface area (Å²) in [7, 11) is -5.62. The Morgan fingerprint density at radius 1 is 0.792 bits per heavy atom. The monoisotopic (exact) mass is 410 g/mol. The highest BCUT2D eigenvalue weighted by molar-refractivity contribution is 6.71. The van der Waals surface area contributed by atoms with E-state index >= 15 is 0 Å². The van der Waals surface area contributed by atoms with Crippen molar-refractivity contribution in [3.05, 3.63) is 11.7 Å². The summed E-state index contributed by atoms with van der Waals surface area (Å²) in [5.41, 5.74) is 0. The van der Waals surface area contributed by atoms with Crippen LogP contribution in [0.3, 0.4) is 0 Å². The van der Waals surface area contributed by atoms with Crippen LogP contribution in [0.4, 0.5) is 0 Å². The van der Waals surface area contributed by atoms with Gasteiger partial charge in [0.2, 0.25) is 25.0 Å². The van der Waals surface area contributed by atoms with Crippen LogP contribution < -0.4 is 0 Å². The van der Waals surface area contributed by atoms with Gasteiger partial charge in [-0.3, -0.25) is 0 Å². The van der Waals surface area contributed by atoms with Gasteiger partial charge in [0, 0.05) is 0 Å². The molecule has 24 heavy (non-hydrogen) atoms. The average molecular weight is 411 g/mol. The molecule has 0 aliphatic carbocycles. The summed E-state index contributed by atoms with van der Waals surface area (Å²) >= 11 is 0. The second-order valence-corrected chi connectivity index (χ2v) is 22.2. The van der Waals surface area contributed by atoms with Crippen LogP contribution in [0, 0.1) is 0 Å². The Kier molecular flexibility index (Phi) is 8.49. The minimum Gasteiger partial charge on any atom is -0.535 e. The van der Waals surface area contributed by atoms with Crippen molar-refractivity contribution in [2.24, 2.45) is 0 Å². The van der Waals surface area contributed by atoms with Crippen LogP contribution in [-0.2, 0) is 27.2 Å². The third-order valence-corrected chi connectivity index (χ3v) is 5.26. The van der Waals surface area contributed by atoms with Gasteiger partial charge < -0.3 is 22.4 Å². The minimum absolute atomic E-state index is 0.0320. The Hall–Kier alpha value is -0.562. The van der Waals surface area contributed by atoms with E-state index in [0.717, 1.165) is 0 Å². The first-order chi connectivity index (χ1) is 10.5. The first kappa shape index (κ1) is 23.4. The Bertz CT molecular complexity index is 441. The SMILES string of the molecule is CC(O[SiH3])OC(=O)C(O[Si](C)(C)C)=C(O[Si](C)(C)C)O[Si](C)(C)C. The summed E-state index contributed by atoms with van der Waals surface area (Å²) in [6, 6.07) is 0. The molecule has 0 aliphatic heterocycles. The lowest BCUT2D eigenvalue weighted by Crippen LogP contribution is -2.36. The van der Waals surface area contributed by atoms with Crippen LogP contribution in [0.15, 0.2) is 11.7 Å². The normalized spacial score (nSPS) is 13.9. The molecule has 0 rings (SSSR count). The summed E-state index contributed by atoms with van der Waals surface area (Å²) in [5, 5.41) is 0. The Balaban J connectivity index is 5.95. The highest BCUT2D eigenvalue weighted by Gasteiger charge is 2.34. The number of carbonyl (C=O) groups is 1. The zero-order chi connectivity index (χ0) is 19.3. The van der Waals surface area contributed by atoms with E-state index < -0.39 is 37.2 Å². The number of esters is 1. The molecule has 0 saturated carbocycles. The third-order valence-electron chi connectivity index (χ3n) is 2.18. The molecule has 0 heterocycles. The average Bonchev–Trinajstić information content (AvgIpc) is 2.30. The molecule has 0 radical (unpaired) electrons. The summed E-state index contributed by atoms with van der Waals surface area (Å²) in [4.78, 5) is 12.6. The fourth-order valence-corrected chi connectivity index (χ4v) is 3.73. The molecule has 142 valence electrons. The summed E-state index contributed by atoms with van der Waals surface area (Å²) in [6.45, 7) is 19.8. The topological polar surface area (TPSA) is 63.2 Å². The van der Waals surface area contributed by atoms with Crippen LogP contribution in [0.1, 0.15) is 6.92 Å². The van der Waals surface area contributed by atoms with Crippen molar-refractivity contribution < 1.29 is 27.2 Å². The molecule has 0 aliphatic rings. The molecule has 6 nitrogen and oxygen atoms in total. The van der Waals surface area contributed by atoms with Crippen LogP contribution in [0.2, 0.25) is 58.9 Å². The smallest absolute Gasteiger partial charge is 0.382 e. The standard InChI is InChI=1S/C14H34O6Si4/c1-11(17-21)16-13(15)12(18-22(2,3)4)14(19-23(5,6)7)20-24(8,9)10/h11H,1-10,21H3. The quantitative estimate of drug-likeness (QED) is 0.191. The van der Waals surface area contributed by atoms with Crippen LogP contribution in [-0.4, -0.2) is 47.7 Å². The molecule has 0 aromatic rings. The van der Waals surface area contributed by atoms with Gasteiger partial charge >= 0.3 is 11.9 Å². The van der Waals surface area contributed by atoms with Gasteiger partial charge in [0.25, 0.3) is 5.76 Å². The molecule has 10 heteroatoms. The summed E-state index contributed by atoms with van der Waals surface area (Å²) < 4.78 is 28.5. The van der Waals surface area contributed by atoms with Crippen molar-refractivity contribution in [1.82, 2.24) is 0 Å². The predicted molar refractivity (Wildman–Crippen MR) is 107 cm³/mol. The number of rotatable bonds is 9. The maximum absolute atomic E-state index is 12.6. The van der Waals surface area contributed by atoms with Gasteiger partial charge in [-0.25, -0.2) is 4.79 Å². The number of ether oxygens (including phenoxy) is 1. The molecule has 1 unspecified atom stereocenters. The van der Waals surface area contributed by atoms with Crippen molar-refractivity contribution in [3.63, 3.8) is 0 Å². The van der Waals surface area contributed by atoms with E-state index in [1.165, 1.54) is 0 Å². The largest absolute Gasteiger partial charge is 0.535 e. The van der Waals surface area contributed by atoms with Crippen molar-refractivity contribution in [2.45, 2.75) is 72.1 Å². The zero-order valence-electron chi connectivity index (χ0n) is 17.0. The lowest BCUT2D eigenvalue weighted by molar-refractivity contribution is -0.159. The molecule has 0 bridgehead atoms. The minimum atomic E-state index is -2.08. The number of carbonyl (C=O) groups excluding carboxylic acids is 1. The molecular formula is C14H34O6Si4. The zero-order valence-corrected chi connectivity index (χ0v) is 22.0. The van der Waals surface area contributed by atoms with Crippen molar-refractivity contribution in [2.75, 3.05) is 0 Å². The van der Waals surface area contributed by atoms with E-state index in [4.69, 9.17) is 22.4 Å². The van der Waals surface area contributed by atoms with Crippen molar-refractivity contribution in [1.29, 1.82) is 0 Å². The Morgan fingerprint density at radius 3 is 1.46 bits per heavy atom. The van der Waals surface area contributed by atoms with E-state index in [9.17, 15) is 4.79 Å². The molecule has 0 N–H and O–H groups in total. The molecule has 0 amide bonds. The summed E-state index contributed by atoms with van der Waals surface area (Å²) in [5.74, 6) is -0.404. The maximum Gasteiger partial charge on any atom is 0.382 e. The van der Waals surface area contributed by atoms with Crippen LogP contribution >= 0.6 is 0 Å². The lowest BCUT2D eigenvalue weighted by Gasteiger charge is -2.30. The van der Waals surface area contributed by atoms with Gasteiger partial charge in [-0.1, -0.05) is 0 Å². The molecule has 0 aromatic carbocycles. The highest BCUT2D eigenvalue weighted by Crippen LogP contribution is 2.24. The van der Waals surface area contributed by atoms with E-state index in [2.05, 4.69) is 0 Å². The van der Waals surface area contributed by atoms with Crippen molar-refractivity contribution in [3.8, 4) is 0 Å². The molecule has 1 atom stereocenters. The predicted octanol–water partition coefficient (Wildman–Crippen LogP) is 2.90. The first-order valence-electron chi connectivity index (χ1n) is 8.09. The van der Waals surface area contributed by atoms with E-state index in [0.29, 0.717) is 10.5 Å². The lowest BCUT2D eigenvalue weighted by atomic mass is 10.5. The highest BCUT2D eigenvalue weighted by atomic mass is 28.4. The molecule has 0 aromatic heterocycles.